The predicted octanol–water partition coefficient (Wildman–Crippen LogP) is 4.70. The van der Waals surface area contributed by atoms with Crippen molar-refractivity contribution in [3.63, 3.8) is 0 Å². The van der Waals surface area contributed by atoms with Crippen molar-refractivity contribution in [1.82, 2.24) is 4.98 Å². The van der Waals surface area contributed by atoms with Gasteiger partial charge in [-0.15, -0.1) is 0 Å². The van der Waals surface area contributed by atoms with Crippen molar-refractivity contribution in [2.45, 2.75) is 13.8 Å². The molecule has 0 atom stereocenters. The Bertz CT molecular complexity index is 811. The Morgan fingerprint density at radius 1 is 1.00 bits per heavy atom. The number of aryl methyl sites for hydroxylation is 1. The van der Waals surface area contributed by atoms with Crippen LogP contribution in [-0.2, 0) is 0 Å². The molecule has 1 aromatic heterocycles. The lowest BCUT2D eigenvalue weighted by Crippen LogP contribution is -2.01. The van der Waals surface area contributed by atoms with Gasteiger partial charge in [0.2, 0.25) is 0 Å². The van der Waals surface area contributed by atoms with Gasteiger partial charge in [0.25, 0.3) is 0 Å². The van der Waals surface area contributed by atoms with Gasteiger partial charge in [-0.25, -0.2) is 9.37 Å². The highest BCUT2D eigenvalue weighted by Crippen LogP contribution is 2.35. The fourth-order valence-electron chi connectivity index (χ4n) is 2.78. The van der Waals surface area contributed by atoms with E-state index in [9.17, 15) is 4.39 Å². The van der Waals surface area contributed by atoms with Crippen LogP contribution >= 0.6 is 0 Å². The maximum Gasteiger partial charge on any atom is 0.149 e. The molecule has 0 bridgehead atoms. The molecule has 0 radical (unpaired) electrons. The molecule has 0 aliphatic heterocycles. The number of hydrogen-bond donors (Lipinski definition) is 1. The van der Waals surface area contributed by atoms with Gasteiger partial charge in [0.1, 0.15) is 11.3 Å². The summed E-state index contributed by atoms with van der Waals surface area (Å²) in [6, 6.07) is 13.2. The highest BCUT2D eigenvalue weighted by Gasteiger charge is 2.16. The van der Waals surface area contributed by atoms with Gasteiger partial charge in [0.15, 0.2) is 0 Å². The first-order valence-corrected chi connectivity index (χ1v) is 6.96. The Balaban J connectivity index is 2.44. The van der Waals surface area contributed by atoms with Crippen molar-refractivity contribution >= 4 is 16.6 Å². The lowest BCUT2D eigenvalue weighted by atomic mass is 9.99. The zero-order valence-corrected chi connectivity index (χ0v) is 12.4. The lowest BCUT2D eigenvalue weighted by molar-refractivity contribution is 0.636. The van der Waals surface area contributed by atoms with Crippen molar-refractivity contribution in [3.8, 4) is 11.3 Å². The summed E-state index contributed by atoms with van der Waals surface area (Å²) < 4.78 is 14.2. The van der Waals surface area contributed by atoms with Gasteiger partial charge in [0.05, 0.1) is 5.69 Å². The Labute approximate surface area is 123 Å². The molecule has 3 heteroatoms. The van der Waals surface area contributed by atoms with Gasteiger partial charge in [-0.1, -0.05) is 36.4 Å². The number of pyridine rings is 1. The number of benzene rings is 2. The van der Waals surface area contributed by atoms with Gasteiger partial charge in [-0.05, 0) is 31.0 Å². The van der Waals surface area contributed by atoms with E-state index in [2.05, 4.69) is 10.3 Å². The molecular weight excluding hydrogens is 263 g/mol. The summed E-state index contributed by atoms with van der Waals surface area (Å²) >= 11 is 0. The SMILES string of the molecule is CNc1c(C)c(-c2ccccc2)nc2c(F)ccc(C)c12. The lowest BCUT2D eigenvalue weighted by Gasteiger charge is -2.16. The van der Waals surface area contributed by atoms with E-state index in [0.717, 1.165) is 33.5 Å². The summed E-state index contributed by atoms with van der Waals surface area (Å²) in [5.41, 5.74) is 5.22. The van der Waals surface area contributed by atoms with Gasteiger partial charge < -0.3 is 5.32 Å². The molecule has 1 N–H and O–H groups in total. The maximum absolute atomic E-state index is 14.2. The van der Waals surface area contributed by atoms with E-state index in [0.29, 0.717) is 5.52 Å². The van der Waals surface area contributed by atoms with Gasteiger partial charge >= 0.3 is 0 Å². The Morgan fingerprint density at radius 3 is 2.38 bits per heavy atom. The fraction of sp³-hybridized carbons (Fsp3) is 0.167. The van der Waals surface area contributed by atoms with Crippen LogP contribution in [0.15, 0.2) is 42.5 Å². The minimum Gasteiger partial charge on any atom is -0.387 e. The van der Waals surface area contributed by atoms with E-state index in [1.54, 1.807) is 6.07 Å². The second kappa shape index (κ2) is 5.17. The van der Waals surface area contributed by atoms with E-state index < -0.39 is 0 Å². The smallest absolute Gasteiger partial charge is 0.149 e. The molecule has 0 fully saturated rings. The van der Waals surface area contributed by atoms with Crippen LogP contribution in [0.2, 0.25) is 0 Å². The molecule has 0 saturated heterocycles. The average Bonchev–Trinajstić information content (AvgIpc) is 2.51. The molecule has 106 valence electrons. The summed E-state index contributed by atoms with van der Waals surface area (Å²) in [6.07, 6.45) is 0. The van der Waals surface area contributed by atoms with Crippen LogP contribution in [0.25, 0.3) is 22.2 Å². The molecule has 0 spiro atoms. The van der Waals surface area contributed by atoms with Crippen LogP contribution < -0.4 is 5.32 Å². The average molecular weight is 280 g/mol. The molecular formula is C18H17FN2. The van der Waals surface area contributed by atoms with Crippen molar-refractivity contribution in [3.05, 3.63) is 59.4 Å². The second-order valence-corrected chi connectivity index (χ2v) is 5.16. The third-order valence-electron chi connectivity index (χ3n) is 3.84. The van der Waals surface area contributed by atoms with Gasteiger partial charge in [-0.3, -0.25) is 0 Å². The normalized spacial score (nSPS) is 10.9. The summed E-state index contributed by atoms with van der Waals surface area (Å²) in [7, 11) is 1.86. The van der Waals surface area contributed by atoms with Crippen LogP contribution in [0.4, 0.5) is 10.1 Å². The van der Waals surface area contributed by atoms with Crippen molar-refractivity contribution < 1.29 is 4.39 Å². The van der Waals surface area contributed by atoms with Gasteiger partial charge in [0, 0.05) is 23.7 Å². The van der Waals surface area contributed by atoms with Crippen molar-refractivity contribution in [2.24, 2.45) is 0 Å². The van der Waals surface area contributed by atoms with Crippen LogP contribution in [0.3, 0.4) is 0 Å². The molecule has 2 nitrogen and oxygen atoms in total. The molecule has 3 aromatic rings. The van der Waals surface area contributed by atoms with Crippen LogP contribution in [0.5, 0.6) is 0 Å². The van der Waals surface area contributed by atoms with E-state index in [1.807, 2.05) is 51.2 Å². The molecule has 1 heterocycles. The van der Waals surface area contributed by atoms with E-state index >= 15 is 0 Å². The molecule has 0 saturated carbocycles. The number of rotatable bonds is 2. The summed E-state index contributed by atoms with van der Waals surface area (Å²) in [6.45, 7) is 4.00. The molecule has 21 heavy (non-hydrogen) atoms. The number of fused-ring (bicyclic) bond motifs is 1. The summed E-state index contributed by atoms with van der Waals surface area (Å²) in [5.74, 6) is -0.288. The van der Waals surface area contributed by atoms with Gasteiger partial charge in [-0.2, -0.15) is 0 Å². The zero-order valence-electron chi connectivity index (χ0n) is 12.4. The highest BCUT2D eigenvalue weighted by molar-refractivity contribution is 5.98. The number of nitrogens with zero attached hydrogens (tertiary/aromatic N) is 1. The van der Waals surface area contributed by atoms with E-state index in [1.165, 1.54) is 6.07 Å². The first-order chi connectivity index (χ1) is 10.1. The molecule has 3 rings (SSSR count). The predicted molar refractivity (Wildman–Crippen MR) is 86.2 cm³/mol. The van der Waals surface area contributed by atoms with E-state index in [-0.39, 0.29) is 5.82 Å². The number of hydrogen-bond acceptors (Lipinski definition) is 2. The number of aromatic nitrogens is 1. The molecule has 2 aromatic carbocycles. The van der Waals surface area contributed by atoms with Crippen LogP contribution in [-0.4, -0.2) is 12.0 Å². The first kappa shape index (κ1) is 13.6. The van der Waals surface area contributed by atoms with Crippen LogP contribution in [0.1, 0.15) is 11.1 Å². The number of anilines is 1. The Hall–Kier alpha value is -2.42. The fourth-order valence-corrected chi connectivity index (χ4v) is 2.78. The highest BCUT2D eigenvalue weighted by atomic mass is 19.1. The molecule has 0 amide bonds. The minimum absolute atomic E-state index is 0.288. The Kier molecular flexibility index (Phi) is 3.34. The first-order valence-electron chi connectivity index (χ1n) is 6.96. The molecule has 0 aliphatic carbocycles. The minimum atomic E-state index is -0.288. The quantitative estimate of drug-likeness (QED) is 0.736. The third kappa shape index (κ3) is 2.15. The standard InChI is InChI=1S/C18H17FN2/c1-11-9-10-14(19)18-15(11)17(20-3)12(2)16(21-18)13-7-5-4-6-8-13/h4-10H,1-3H3,(H,20,21). The third-order valence-corrected chi connectivity index (χ3v) is 3.84. The number of halogens is 1. The Morgan fingerprint density at radius 2 is 1.71 bits per heavy atom. The monoisotopic (exact) mass is 280 g/mol. The number of nitrogens with one attached hydrogen (secondary N) is 1. The van der Waals surface area contributed by atoms with Crippen LogP contribution in [0, 0.1) is 19.7 Å². The van der Waals surface area contributed by atoms with E-state index in [4.69, 9.17) is 0 Å². The molecule has 0 aliphatic rings. The summed E-state index contributed by atoms with van der Waals surface area (Å²) in [4.78, 5) is 4.60. The molecule has 0 unspecified atom stereocenters. The second-order valence-electron chi connectivity index (χ2n) is 5.16. The maximum atomic E-state index is 14.2. The zero-order chi connectivity index (χ0) is 15.0. The summed E-state index contributed by atoms with van der Waals surface area (Å²) in [5, 5.41) is 4.07. The largest absolute Gasteiger partial charge is 0.387 e. The van der Waals surface area contributed by atoms with Crippen molar-refractivity contribution in [2.75, 3.05) is 12.4 Å². The topological polar surface area (TPSA) is 24.9 Å². The van der Waals surface area contributed by atoms with Crippen molar-refractivity contribution in [1.29, 1.82) is 0 Å².